The summed E-state index contributed by atoms with van der Waals surface area (Å²) in [5.74, 6) is -0.866. The number of benzene rings is 4. The van der Waals surface area contributed by atoms with Gasteiger partial charge in [-0.3, -0.25) is 0 Å². The Morgan fingerprint density at radius 1 is 0.681 bits per heavy atom. The number of hydrogen-bond donors (Lipinski definition) is 1. The summed E-state index contributed by atoms with van der Waals surface area (Å²) >= 11 is 0. The molecule has 4 aromatic rings. The van der Waals surface area contributed by atoms with Crippen LogP contribution < -0.4 is 0 Å². The molecule has 0 aliphatic carbocycles. The van der Waals surface area contributed by atoms with Gasteiger partial charge in [0, 0.05) is 0 Å². The Hall–Kier alpha value is -4.15. The van der Waals surface area contributed by atoms with Crippen LogP contribution in [0.5, 0.6) is 0 Å². The summed E-state index contributed by atoms with van der Waals surface area (Å²) < 4.78 is 33.2. The Balaban J connectivity index is 1.53. The molecule has 1 saturated heterocycles. The predicted octanol–water partition coefficient (Wildman–Crippen LogP) is 7.08. The molecule has 8 heteroatoms. The van der Waals surface area contributed by atoms with Gasteiger partial charge in [0.05, 0.1) is 39.5 Å². The molecular formula is C39H42O8. The van der Waals surface area contributed by atoms with E-state index in [1.54, 1.807) is 6.08 Å². The van der Waals surface area contributed by atoms with Gasteiger partial charge in [-0.05, 0) is 28.7 Å². The fourth-order valence-electron chi connectivity index (χ4n) is 5.94. The Kier molecular flexibility index (Phi) is 12.9. The van der Waals surface area contributed by atoms with E-state index in [9.17, 15) is 10.1 Å². The molecule has 0 aromatic heterocycles. The molecule has 1 aliphatic rings. The zero-order valence-electron chi connectivity index (χ0n) is 26.4. The maximum atomic E-state index is 12.8. The van der Waals surface area contributed by atoms with E-state index in [1.807, 2.05) is 121 Å². The summed E-state index contributed by atoms with van der Waals surface area (Å²) in [6.07, 6.45) is -1.37. The topological polar surface area (TPSA) is 92.7 Å². The van der Waals surface area contributed by atoms with Gasteiger partial charge in [0.2, 0.25) is 0 Å². The van der Waals surface area contributed by atoms with Crippen molar-refractivity contribution in [3.63, 3.8) is 0 Å². The number of carbonyl (C=O) groups is 1. The van der Waals surface area contributed by atoms with Gasteiger partial charge in [0.1, 0.15) is 30.0 Å². The standard InChI is InChI=1S/C39H42O8/c1-2-23-39(24-35(40)47-41)38(45-28-33-21-13-6-14-22-33)37(44-27-32-19-11-5-12-20-32)36(43-26-31-17-9-4-10-18-31)34(46-39)29-42-25-30-15-7-3-8-16-30/h2-22,34,36-38,41H,1,23-29H2/t34-,36-,37+,38+,39+/m1/s1. The average molecular weight is 639 g/mol. The monoisotopic (exact) mass is 638 g/mol. The lowest BCUT2D eigenvalue weighted by Crippen LogP contribution is -2.67. The highest BCUT2D eigenvalue weighted by Crippen LogP contribution is 2.41. The van der Waals surface area contributed by atoms with Crippen molar-refractivity contribution in [3.05, 3.63) is 156 Å². The second kappa shape index (κ2) is 17.7. The third kappa shape index (κ3) is 9.68. The first-order valence-corrected chi connectivity index (χ1v) is 15.8. The van der Waals surface area contributed by atoms with Crippen LogP contribution in [0, 0.1) is 0 Å². The molecule has 47 heavy (non-hydrogen) atoms. The molecule has 0 radical (unpaired) electrons. The molecule has 0 saturated carbocycles. The number of rotatable bonds is 17. The molecule has 0 spiro atoms. The molecule has 5 atom stereocenters. The van der Waals surface area contributed by atoms with Gasteiger partial charge in [-0.2, -0.15) is 5.26 Å². The van der Waals surface area contributed by atoms with E-state index in [1.165, 1.54) is 0 Å². The maximum absolute atomic E-state index is 12.8. The SMILES string of the molecule is C=CC[C@@]1(CC(=O)OO)O[C@H](COCc2ccccc2)[C@@H](OCc2ccccc2)[C@H](OCc2ccccc2)[C@@H]1OCc1ccccc1. The maximum Gasteiger partial charge on any atom is 0.345 e. The summed E-state index contributed by atoms with van der Waals surface area (Å²) in [5.41, 5.74) is 2.55. The van der Waals surface area contributed by atoms with Gasteiger partial charge in [-0.15, -0.1) is 6.58 Å². The van der Waals surface area contributed by atoms with Crippen molar-refractivity contribution < 1.29 is 38.6 Å². The van der Waals surface area contributed by atoms with Gasteiger partial charge in [0.15, 0.2) is 0 Å². The Morgan fingerprint density at radius 3 is 1.60 bits per heavy atom. The minimum absolute atomic E-state index is 0.137. The van der Waals surface area contributed by atoms with Gasteiger partial charge in [-0.25, -0.2) is 4.79 Å². The van der Waals surface area contributed by atoms with E-state index in [0.717, 1.165) is 22.3 Å². The summed E-state index contributed by atoms with van der Waals surface area (Å²) in [6.45, 7) is 5.22. The van der Waals surface area contributed by atoms with Gasteiger partial charge in [-0.1, -0.05) is 127 Å². The van der Waals surface area contributed by atoms with Gasteiger partial charge < -0.3 is 28.6 Å². The van der Waals surface area contributed by atoms with E-state index in [-0.39, 0.29) is 39.3 Å². The first-order valence-electron chi connectivity index (χ1n) is 15.8. The van der Waals surface area contributed by atoms with Crippen molar-refractivity contribution in [2.45, 2.75) is 69.3 Å². The highest BCUT2D eigenvalue weighted by molar-refractivity contribution is 5.70. The molecule has 8 nitrogen and oxygen atoms in total. The minimum Gasteiger partial charge on any atom is -0.374 e. The van der Waals surface area contributed by atoms with E-state index in [2.05, 4.69) is 11.5 Å². The van der Waals surface area contributed by atoms with E-state index < -0.39 is 36.0 Å². The lowest BCUT2D eigenvalue weighted by molar-refractivity contribution is -0.312. The first-order chi connectivity index (χ1) is 23.1. The van der Waals surface area contributed by atoms with Crippen LogP contribution in [0.3, 0.4) is 0 Å². The summed E-state index contributed by atoms with van der Waals surface area (Å²) in [4.78, 5) is 17.0. The molecule has 1 heterocycles. The quantitative estimate of drug-likeness (QED) is 0.0746. The van der Waals surface area contributed by atoms with Crippen LogP contribution in [0.15, 0.2) is 134 Å². The zero-order chi connectivity index (χ0) is 32.7. The fourth-order valence-corrected chi connectivity index (χ4v) is 5.94. The molecule has 0 unspecified atom stereocenters. The lowest BCUT2D eigenvalue weighted by atomic mass is 9.79. The summed E-state index contributed by atoms with van der Waals surface area (Å²) in [6, 6.07) is 39.3. The van der Waals surface area contributed by atoms with E-state index in [4.69, 9.17) is 23.7 Å². The Labute approximate surface area is 276 Å². The summed E-state index contributed by atoms with van der Waals surface area (Å²) in [5, 5.41) is 9.40. The second-order valence-corrected chi connectivity index (χ2v) is 11.6. The van der Waals surface area contributed by atoms with Crippen LogP contribution in [-0.4, -0.2) is 47.9 Å². The third-order valence-corrected chi connectivity index (χ3v) is 8.17. The predicted molar refractivity (Wildman–Crippen MR) is 177 cm³/mol. The average Bonchev–Trinajstić information content (AvgIpc) is 3.11. The molecular weight excluding hydrogens is 596 g/mol. The molecule has 5 rings (SSSR count). The highest BCUT2D eigenvalue weighted by atomic mass is 17.1. The van der Waals surface area contributed by atoms with Crippen molar-refractivity contribution in [1.29, 1.82) is 0 Å². The molecule has 4 aromatic carbocycles. The first kappa shape index (κ1) is 34.2. The van der Waals surface area contributed by atoms with Crippen LogP contribution in [0.4, 0.5) is 0 Å². The fraction of sp³-hybridized carbons (Fsp3) is 0.308. The number of hydrogen-bond acceptors (Lipinski definition) is 8. The van der Waals surface area contributed by atoms with Crippen molar-refractivity contribution in [2.24, 2.45) is 0 Å². The zero-order valence-corrected chi connectivity index (χ0v) is 26.4. The van der Waals surface area contributed by atoms with E-state index >= 15 is 0 Å². The third-order valence-electron chi connectivity index (χ3n) is 8.17. The lowest BCUT2D eigenvalue weighted by Gasteiger charge is -2.52. The molecule has 246 valence electrons. The second-order valence-electron chi connectivity index (χ2n) is 11.6. The molecule has 1 N–H and O–H groups in total. The smallest absolute Gasteiger partial charge is 0.345 e. The number of ether oxygens (including phenoxy) is 5. The van der Waals surface area contributed by atoms with Crippen LogP contribution in [0.25, 0.3) is 0 Å². The summed E-state index contributed by atoms with van der Waals surface area (Å²) in [7, 11) is 0. The molecule has 1 fully saturated rings. The minimum atomic E-state index is -1.33. The Bertz CT molecular complexity index is 1480. The van der Waals surface area contributed by atoms with Crippen LogP contribution in [-0.2, 0) is 59.8 Å². The van der Waals surface area contributed by atoms with Crippen molar-refractivity contribution in [2.75, 3.05) is 6.61 Å². The van der Waals surface area contributed by atoms with Crippen LogP contribution in [0.2, 0.25) is 0 Å². The van der Waals surface area contributed by atoms with Crippen LogP contribution >= 0.6 is 0 Å². The van der Waals surface area contributed by atoms with Crippen molar-refractivity contribution in [3.8, 4) is 0 Å². The van der Waals surface area contributed by atoms with E-state index in [0.29, 0.717) is 6.61 Å². The largest absolute Gasteiger partial charge is 0.374 e. The van der Waals surface area contributed by atoms with Gasteiger partial charge >= 0.3 is 5.97 Å². The number of carbonyl (C=O) groups excluding carboxylic acids is 1. The molecule has 0 bridgehead atoms. The van der Waals surface area contributed by atoms with Crippen molar-refractivity contribution >= 4 is 5.97 Å². The normalized spacial score (nSPS) is 22.4. The van der Waals surface area contributed by atoms with Crippen molar-refractivity contribution in [1.82, 2.24) is 0 Å². The van der Waals surface area contributed by atoms with Gasteiger partial charge in [0.25, 0.3) is 0 Å². The Morgan fingerprint density at radius 2 is 1.13 bits per heavy atom. The molecule has 0 amide bonds. The van der Waals surface area contributed by atoms with Crippen LogP contribution in [0.1, 0.15) is 35.1 Å². The highest BCUT2D eigenvalue weighted by Gasteiger charge is 2.57. The molecule has 1 aliphatic heterocycles.